The number of hydrogen-bond donors (Lipinski definition) is 0. The van der Waals surface area contributed by atoms with Crippen LogP contribution in [0.3, 0.4) is 0 Å². The Balaban J connectivity index is 2.04. The highest BCUT2D eigenvalue weighted by atomic mass is 16.5. The number of ether oxygens (including phenoxy) is 2. The molecule has 128 valence electrons. The van der Waals surface area contributed by atoms with Crippen molar-refractivity contribution in [1.29, 1.82) is 0 Å². The van der Waals surface area contributed by atoms with E-state index in [2.05, 4.69) is 55.5 Å². The van der Waals surface area contributed by atoms with Gasteiger partial charge < -0.3 is 9.47 Å². The molecule has 3 rings (SSSR count). The van der Waals surface area contributed by atoms with Crippen molar-refractivity contribution >= 4 is 0 Å². The van der Waals surface area contributed by atoms with E-state index in [9.17, 15) is 0 Å². The minimum Gasteiger partial charge on any atom is -0.497 e. The Hall–Kier alpha value is -1.96. The highest BCUT2D eigenvalue weighted by Crippen LogP contribution is 2.46. The maximum absolute atomic E-state index is 5.35. The van der Waals surface area contributed by atoms with Crippen LogP contribution in [0.25, 0.3) is 0 Å². The Morgan fingerprint density at radius 1 is 0.708 bits per heavy atom. The van der Waals surface area contributed by atoms with Crippen LogP contribution in [0.15, 0.2) is 48.5 Å². The summed E-state index contributed by atoms with van der Waals surface area (Å²) in [4.78, 5) is 0. The summed E-state index contributed by atoms with van der Waals surface area (Å²) in [6.07, 6.45) is 6.65. The van der Waals surface area contributed by atoms with Gasteiger partial charge in [0.15, 0.2) is 0 Å². The molecule has 0 aliphatic heterocycles. The Morgan fingerprint density at radius 2 is 1.12 bits per heavy atom. The molecule has 0 N–H and O–H groups in total. The molecule has 0 atom stereocenters. The van der Waals surface area contributed by atoms with Crippen molar-refractivity contribution in [3.63, 3.8) is 0 Å². The smallest absolute Gasteiger partial charge is 0.118 e. The maximum Gasteiger partial charge on any atom is 0.118 e. The van der Waals surface area contributed by atoms with E-state index in [0.717, 1.165) is 11.5 Å². The van der Waals surface area contributed by atoms with Crippen molar-refractivity contribution in [2.75, 3.05) is 14.2 Å². The summed E-state index contributed by atoms with van der Waals surface area (Å²) in [7, 11) is 3.44. The lowest BCUT2D eigenvalue weighted by atomic mass is 9.63. The molecule has 24 heavy (non-hydrogen) atoms. The first-order valence-corrected chi connectivity index (χ1v) is 8.97. The first-order chi connectivity index (χ1) is 11.7. The average Bonchev–Trinajstić information content (AvgIpc) is 2.68. The molecule has 0 amide bonds. The van der Waals surface area contributed by atoms with Crippen molar-refractivity contribution in [2.24, 2.45) is 5.92 Å². The molecule has 2 nitrogen and oxygen atoms in total. The minimum absolute atomic E-state index is 0.0267. The fourth-order valence-corrected chi connectivity index (χ4v) is 4.19. The molecule has 0 radical (unpaired) electrons. The fraction of sp³-hybridized carbons (Fsp3) is 0.455. The molecule has 1 aliphatic rings. The Bertz CT molecular complexity index is 589. The molecular weight excluding hydrogens is 296 g/mol. The van der Waals surface area contributed by atoms with E-state index in [1.165, 1.54) is 43.2 Å². The molecule has 0 heterocycles. The first-order valence-electron chi connectivity index (χ1n) is 8.97. The van der Waals surface area contributed by atoms with Crippen LogP contribution in [0.2, 0.25) is 0 Å². The molecule has 0 saturated heterocycles. The third-order valence-electron chi connectivity index (χ3n) is 5.80. The number of methoxy groups -OCH3 is 2. The highest BCUT2D eigenvalue weighted by Gasteiger charge is 2.38. The van der Waals surface area contributed by atoms with Crippen molar-refractivity contribution in [2.45, 2.75) is 44.4 Å². The Morgan fingerprint density at radius 3 is 1.50 bits per heavy atom. The third-order valence-corrected chi connectivity index (χ3v) is 5.80. The predicted octanol–water partition coefficient (Wildman–Crippen LogP) is 5.59. The topological polar surface area (TPSA) is 18.5 Å². The lowest BCUT2D eigenvalue weighted by Gasteiger charge is -2.41. The molecule has 1 fully saturated rings. The van der Waals surface area contributed by atoms with Crippen LogP contribution in [0.1, 0.15) is 50.2 Å². The van der Waals surface area contributed by atoms with Gasteiger partial charge >= 0.3 is 0 Å². The molecule has 1 saturated carbocycles. The standard InChI is InChI=1S/C22H28O2/c1-22(17-7-5-4-6-8-17,18-9-13-20(23-2)14-10-18)19-11-15-21(24-3)16-12-19/h9-17H,4-8H2,1-3H3. The molecule has 0 aromatic heterocycles. The summed E-state index contributed by atoms with van der Waals surface area (Å²) in [5.74, 6) is 2.51. The quantitative estimate of drug-likeness (QED) is 0.713. The molecule has 2 aromatic carbocycles. The molecule has 1 aliphatic carbocycles. The normalized spacial score (nSPS) is 16.0. The zero-order valence-electron chi connectivity index (χ0n) is 15.0. The zero-order chi connectivity index (χ0) is 17.0. The van der Waals surface area contributed by atoms with E-state index in [4.69, 9.17) is 9.47 Å². The van der Waals surface area contributed by atoms with Gasteiger partial charge in [-0.3, -0.25) is 0 Å². The van der Waals surface area contributed by atoms with Crippen LogP contribution in [0, 0.1) is 5.92 Å². The van der Waals surface area contributed by atoms with Gasteiger partial charge in [0.05, 0.1) is 14.2 Å². The average molecular weight is 324 g/mol. The molecule has 2 heteroatoms. The van der Waals surface area contributed by atoms with Gasteiger partial charge in [-0.15, -0.1) is 0 Å². The van der Waals surface area contributed by atoms with Gasteiger partial charge in [0.1, 0.15) is 11.5 Å². The maximum atomic E-state index is 5.35. The second kappa shape index (κ2) is 7.29. The van der Waals surface area contributed by atoms with Crippen LogP contribution < -0.4 is 9.47 Å². The van der Waals surface area contributed by atoms with Crippen molar-refractivity contribution in [3.05, 3.63) is 59.7 Å². The molecule has 0 unspecified atom stereocenters. The van der Waals surface area contributed by atoms with Gasteiger partial charge in [-0.25, -0.2) is 0 Å². The number of hydrogen-bond acceptors (Lipinski definition) is 2. The number of benzene rings is 2. The predicted molar refractivity (Wildman–Crippen MR) is 99.0 cm³/mol. The fourth-order valence-electron chi connectivity index (χ4n) is 4.19. The Kier molecular flexibility index (Phi) is 5.13. The monoisotopic (exact) mass is 324 g/mol. The van der Waals surface area contributed by atoms with Gasteiger partial charge in [0.2, 0.25) is 0 Å². The second-order valence-electron chi connectivity index (χ2n) is 6.99. The molecule has 2 aromatic rings. The van der Waals surface area contributed by atoms with E-state index in [1.54, 1.807) is 14.2 Å². The van der Waals surface area contributed by atoms with E-state index >= 15 is 0 Å². The Labute approximate surface area is 145 Å². The highest BCUT2D eigenvalue weighted by molar-refractivity contribution is 5.43. The van der Waals surface area contributed by atoms with Crippen molar-refractivity contribution < 1.29 is 9.47 Å². The van der Waals surface area contributed by atoms with Crippen LogP contribution >= 0.6 is 0 Å². The van der Waals surface area contributed by atoms with E-state index in [0.29, 0.717) is 5.92 Å². The van der Waals surface area contributed by atoms with Crippen molar-refractivity contribution in [3.8, 4) is 11.5 Å². The number of rotatable bonds is 5. The summed E-state index contributed by atoms with van der Waals surface area (Å²) in [5, 5.41) is 0. The van der Waals surface area contributed by atoms with Gasteiger partial charge in [-0.1, -0.05) is 50.5 Å². The largest absolute Gasteiger partial charge is 0.497 e. The molecule has 0 spiro atoms. The second-order valence-corrected chi connectivity index (χ2v) is 6.99. The van der Waals surface area contributed by atoms with Crippen LogP contribution in [0.4, 0.5) is 0 Å². The summed E-state index contributed by atoms with van der Waals surface area (Å²) < 4.78 is 10.7. The van der Waals surface area contributed by atoms with Gasteiger partial charge in [0, 0.05) is 5.41 Å². The minimum atomic E-state index is 0.0267. The first kappa shape index (κ1) is 16.9. The summed E-state index contributed by atoms with van der Waals surface area (Å²) in [6.45, 7) is 2.41. The van der Waals surface area contributed by atoms with Crippen molar-refractivity contribution in [1.82, 2.24) is 0 Å². The third kappa shape index (κ3) is 3.15. The lowest BCUT2D eigenvalue weighted by molar-refractivity contribution is 0.254. The summed E-state index contributed by atoms with van der Waals surface area (Å²) in [5.41, 5.74) is 2.78. The lowest BCUT2D eigenvalue weighted by Crippen LogP contribution is -2.34. The zero-order valence-corrected chi connectivity index (χ0v) is 15.0. The van der Waals surface area contributed by atoms with E-state index in [-0.39, 0.29) is 5.41 Å². The van der Waals surface area contributed by atoms with Crippen LogP contribution in [-0.2, 0) is 5.41 Å². The summed E-state index contributed by atoms with van der Waals surface area (Å²) >= 11 is 0. The van der Waals surface area contributed by atoms with Crippen LogP contribution in [-0.4, -0.2) is 14.2 Å². The summed E-state index contributed by atoms with van der Waals surface area (Å²) in [6, 6.07) is 17.3. The SMILES string of the molecule is COc1ccc(C(C)(c2ccc(OC)cc2)C2CCCCC2)cc1. The van der Waals surface area contributed by atoms with Gasteiger partial charge in [-0.05, 0) is 54.2 Å². The van der Waals surface area contributed by atoms with Gasteiger partial charge in [0.25, 0.3) is 0 Å². The van der Waals surface area contributed by atoms with Crippen LogP contribution in [0.5, 0.6) is 11.5 Å². The van der Waals surface area contributed by atoms with E-state index in [1.807, 2.05) is 0 Å². The van der Waals surface area contributed by atoms with Gasteiger partial charge in [-0.2, -0.15) is 0 Å². The molecular formula is C22H28O2. The molecule has 0 bridgehead atoms. The van der Waals surface area contributed by atoms with E-state index < -0.39 is 0 Å².